The van der Waals surface area contributed by atoms with E-state index in [0.717, 1.165) is 15.6 Å². The van der Waals surface area contributed by atoms with Crippen molar-refractivity contribution >= 4 is 31.5 Å². The largest absolute Gasteiger partial charge is 0.256 e. The van der Waals surface area contributed by atoms with Gasteiger partial charge in [0.05, 0.1) is 8.44 Å². The van der Waals surface area contributed by atoms with Crippen LogP contribution in [0.1, 0.15) is 18.0 Å². The third-order valence-electron chi connectivity index (χ3n) is 3.61. The van der Waals surface area contributed by atoms with Crippen LogP contribution in [0.2, 0.25) is 0 Å². The zero-order chi connectivity index (χ0) is 18.6. The SMILES string of the molecule is [2H]c1c(C([2H])([2H])[2H])cnc(-c2ccc3c(c2)sc2c(C)cccc23)c1[2H]. The van der Waals surface area contributed by atoms with E-state index in [4.69, 9.17) is 6.85 Å². The fraction of sp³-hybridized carbons (Fsp3) is 0.105. The lowest BCUT2D eigenvalue weighted by atomic mass is 10.1. The van der Waals surface area contributed by atoms with Crippen LogP contribution in [0.25, 0.3) is 31.4 Å². The first-order chi connectivity index (χ1) is 12.3. The van der Waals surface area contributed by atoms with Gasteiger partial charge in [0.1, 0.15) is 0 Å². The molecule has 0 spiro atoms. The van der Waals surface area contributed by atoms with Crippen molar-refractivity contribution in [2.45, 2.75) is 13.8 Å². The minimum absolute atomic E-state index is 0.157. The Hall–Kier alpha value is -2.19. The van der Waals surface area contributed by atoms with E-state index in [1.165, 1.54) is 21.8 Å². The zero-order valence-corrected chi connectivity index (χ0v) is 12.2. The molecule has 102 valence electrons. The summed E-state index contributed by atoms with van der Waals surface area (Å²) in [5, 5.41) is 2.35. The van der Waals surface area contributed by atoms with E-state index >= 15 is 0 Å². The minimum Gasteiger partial charge on any atom is -0.256 e. The van der Waals surface area contributed by atoms with Crippen molar-refractivity contribution in [2.24, 2.45) is 0 Å². The number of aromatic nitrogens is 1. The second kappa shape index (κ2) is 4.68. The van der Waals surface area contributed by atoms with Gasteiger partial charge >= 0.3 is 0 Å². The maximum atomic E-state index is 8.21. The Morgan fingerprint density at radius 1 is 1.14 bits per heavy atom. The molecule has 0 radical (unpaired) electrons. The number of hydrogen-bond donors (Lipinski definition) is 0. The fourth-order valence-electron chi connectivity index (χ4n) is 2.55. The monoisotopic (exact) mass is 294 g/mol. The second-order valence-electron chi connectivity index (χ2n) is 5.04. The summed E-state index contributed by atoms with van der Waals surface area (Å²) in [7, 11) is 0. The first kappa shape index (κ1) is 8.30. The molecule has 0 saturated heterocycles. The van der Waals surface area contributed by atoms with Crippen molar-refractivity contribution in [3.05, 3.63) is 65.8 Å². The molecular weight excluding hydrogens is 274 g/mol. The maximum absolute atomic E-state index is 8.21. The van der Waals surface area contributed by atoms with Gasteiger partial charge in [-0.3, -0.25) is 4.98 Å². The Morgan fingerprint density at radius 3 is 3.00 bits per heavy atom. The van der Waals surface area contributed by atoms with E-state index in [0.29, 0.717) is 5.69 Å². The molecule has 0 aliphatic rings. The number of hydrogen-bond acceptors (Lipinski definition) is 2. The standard InChI is InChI=1S/C19H15NS/c1-12-6-9-17(20-11-12)14-7-8-15-16-5-3-4-13(2)19(16)21-18(15)10-14/h3-11H,1-2H3/i1D3,6D,9D. The molecule has 1 nitrogen and oxygen atoms in total. The van der Waals surface area contributed by atoms with Crippen LogP contribution in [0.5, 0.6) is 0 Å². The van der Waals surface area contributed by atoms with Gasteiger partial charge in [-0.1, -0.05) is 36.4 Å². The van der Waals surface area contributed by atoms with Crippen molar-refractivity contribution in [3.8, 4) is 11.3 Å². The average Bonchev–Trinajstić information content (AvgIpc) is 2.95. The van der Waals surface area contributed by atoms with Crippen LogP contribution < -0.4 is 0 Å². The molecule has 21 heavy (non-hydrogen) atoms. The molecule has 0 aliphatic heterocycles. The van der Waals surface area contributed by atoms with Crippen LogP contribution in [-0.2, 0) is 0 Å². The molecule has 0 fully saturated rings. The molecule has 2 aromatic carbocycles. The zero-order valence-electron chi connectivity index (χ0n) is 16.4. The molecule has 0 N–H and O–H groups in total. The third-order valence-corrected chi connectivity index (χ3v) is 4.91. The van der Waals surface area contributed by atoms with Crippen LogP contribution in [-0.4, -0.2) is 4.98 Å². The highest BCUT2D eigenvalue weighted by atomic mass is 32.1. The predicted octanol–water partition coefficient (Wildman–Crippen LogP) is 5.73. The third kappa shape index (κ3) is 2.03. The number of rotatable bonds is 1. The first-order valence-corrected chi connectivity index (χ1v) is 7.48. The quantitative estimate of drug-likeness (QED) is 0.436. The van der Waals surface area contributed by atoms with Crippen molar-refractivity contribution in [1.29, 1.82) is 0 Å². The van der Waals surface area contributed by atoms with Crippen LogP contribution in [0.4, 0.5) is 0 Å². The summed E-state index contributed by atoms with van der Waals surface area (Å²) in [5.74, 6) is 0. The summed E-state index contributed by atoms with van der Waals surface area (Å²) in [4.78, 5) is 4.19. The fourth-order valence-corrected chi connectivity index (χ4v) is 3.76. The Morgan fingerprint density at radius 2 is 2.10 bits per heavy atom. The molecule has 0 aliphatic carbocycles. The highest BCUT2D eigenvalue weighted by Gasteiger charge is 2.08. The molecule has 4 aromatic rings. The van der Waals surface area contributed by atoms with Crippen molar-refractivity contribution in [3.63, 3.8) is 0 Å². The van der Waals surface area contributed by atoms with Gasteiger partial charge in [-0.2, -0.15) is 0 Å². The van der Waals surface area contributed by atoms with E-state index in [2.05, 4.69) is 24.0 Å². The number of pyridine rings is 1. The summed E-state index contributed by atoms with van der Waals surface area (Å²) in [6.07, 6.45) is 1.20. The predicted molar refractivity (Wildman–Crippen MR) is 92.0 cm³/mol. The van der Waals surface area contributed by atoms with Crippen LogP contribution in [0.15, 0.2) is 54.7 Å². The minimum atomic E-state index is -2.44. The molecular formula is C19H15NS. The summed E-state index contributed by atoms with van der Waals surface area (Å²) < 4.78 is 41.0. The van der Waals surface area contributed by atoms with Crippen LogP contribution >= 0.6 is 11.3 Å². The normalized spacial score (nSPS) is 15.4. The summed E-state index contributed by atoms with van der Waals surface area (Å²) in [6, 6.07) is 11.6. The molecule has 0 bridgehead atoms. The Kier molecular flexibility index (Phi) is 1.85. The highest BCUT2D eigenvalue weighted by molar-refractivity contribution is 7.26. The molecule has 0 saturated carbocycles. The van der Waals surface area contributed by atoms with Gasteiger partial charge in [0, 0.05) is 36.0 Å². The summed E-state index contributed by atoms with van der Waals surface area (Å²) >= 11 is 1.69. The van der Waals surface area contributed by atoms with Gasteiger partial charge in [0.15, 0.2) is 0 Å². The number of aryl methyl sites for hydroxylation is 2. The molecule has 0 atom stereocenters. The van der Waals surface area contributed by atoms with Gasteiger partial charge in [-0.25, -0.2) is 0 Å². The lowest BCUT2D eigenvalue weighted by Gasteiger charge is -2.01. The van der Waals surface area contributed by atoms with E-state index < -0.39 is 6.85 Å². The van der Waals surface area contributed by atoms with Crippen LogP contribution in [0.3, 0.4) is 0 Å². The molecule has 2 heteroatoms. The van der Waals surface area contributed by atoms with Crippen molar-refractivity contribution < 1.29 is 6.85 Å². The lowest BCUT2D eigenvalue weighted by molar-refractivity contribution is 1.27. The number of thiophene rings is 1. The average molecular weight is 294 g/mol. The summed E-state index contributed by atoms with van der Waals surface area (Å²) in [5.41, 5.74) is 2.08. The summed E-state index contributed by atoms with van der Waals surface area (Å²) in [6.45, 7) is -0.354. The Labute approximate surface area is 134 Å². The van der Waals surface area contributed by atoms with Gasteiger partial charge in [0.2, 0.25) is 0 Å². The first-order valence-electron chi connectivity index (χ1n) is 9.16. The second-order valence-corrected chi connectivity index (χ2v) is 6.09. The number of fused-ring (bicyclic) bond motifs is 3. The smallest absolute Gasteiger partial charge is 0.0702 e. The van der Waals surface area contributed by atoms with E-state index in [1.807, 2.05) is 24.3 Å². The molecule has 2 heterocycles. The molecule has 4 rings (SSSR count). The Balaban J connectivity index is 1.91. The van der Waals surface area contributed by atoms with Gasteiger partial charge < -0.3 is 0 Å². The van der Waals surface area contributed by atoms with Crippen molar-refractivity contribution in [1.82, 2.24) is 4.98 Å². The lowest BCUT2D eigenvalue weighted by Crippen LogP contribution is -1.83. The van der Waals surface area contributed by atoms with Crippen molar-refractivity contribution in [2.75, 3.05) is 0 Å². The van der Waals surface area contributed by atoms with Gasteiger partial charge in [0.25, 0.3) is 0 Å². The van der Waals surface area contributed by atoms with Gasteiger partial charge in [-0.05, 0) is 37.0 Å². The van der Waals surface area contributed by atoms with E-state index in [9.17, 15) is 0 Å². The molecule has 2 aromatic heterocycles. The molecule has 0 amide bonds. The number of benzene rings is 2. The molecule has 0 unspecified atom stereocenters. The Bertz CT molecular complexity index is 1160. The number of nitrogens with zero attached hydrogens (tertiary/aromatic N) is 1. The van der Waals surface area contributed by atoms with Gasteiger partial charge in [-0.15, -0.1) is 11.3 Å². The topological polar surface area (TPSA) is 12.9 Å². The van der Waals surface area contributed by atoms with E-state index in [-0.39, 0.29) is 17.6 Å². The maximum Gasteiger partial charge on any atom is 0.0702 e. The van der Waals surface area contributed by atoms with E-state index in [1.54, 1.807) is 11.3 Å². The van der Waals surface area contributed by atoms with Crippen LogP contribution in [0, 0.1) is 13.8 Å². The highest BCUT2D eigenvalue weighted by Crippen LogP contribution is 2.37.